The van der Waals surface area contributed by atoms with Crippen LogP contribution in [0.3, 0.4) is 0 Å². The average Bonchev–Trinajstić information content (AvgIpc) is 3.47. The quantitative estimate of drug-likeness (QED) is 0.271. The lowest BCUT2D eigenvalue weighted by Gasteiger charge is -2.20. The number of hydrogen-bond acceptors (Lipinski definition) is 5. The molecule has 36 heavy (non-hydrogen) atoms. The molecule has 1 aromatic heterocycles. The Bertz CT molecular complexity index is 1270. The lowest BCUT2D eigenvalue weighted by atomic mass is 9.96. The van der Waals surface area contributed by atoms with Crippen molar-refractivity contribution in [2.45, 2.75) is 12.8 Å². The van der Waals surface area contributed by atoms with Crippen molar-refractivity contribution in [2.24, 2.45) is 0 Å². The van der Waals surface area contributed by atoms with E-state index in [2.05, 4.69) is 35.2 Å². The average molecular weight is 481 g/mol. The fourth-order valence-corrected chi connectivity index (χ4v) is 4.68. The maximum absolute atomic E-state index is 6.54. The van der Waals surface area contributed by atoms with Crippen molar-refractivity contribution in [3.8, 4) is 50.9 Å². The Morgan fingerprint density at radius 3 is 1.94 bits per heavy atom. The Hall–Kier alpha value is -3.83. The standard InChI is InChI=1S/C31H32N2O3/c1-34-26-14-10-23(11-15-26)28-22-29(36-21-20-33-18-6-7-19-33)30(24-12-16-27(35-2)17-13-24)31(32-28)25-8-4-3-5-9-25/h3-5,8-17,22H,6-7,18-21H2,1-2H3. The molecule has 1 saturated heterocycles. The van der Waals surface area contributed by atoms with Gasteiger partial charge in [0.15, 0.2) is 0 Å². The van der Waals surface area contributed by atoms with Crippen LogP contribution < -0.4 is 14.2 Å². The number of aromatic nitrogens is 1. The van der Waals surface area contributed by atoms with Gasteiger partial charge in [-0.05, 0) is 67.9 Å². The summed E-state index contributed by atoms with van der Waals surface area (Å²) in [4.78, 5) is 7.64. The second-order valence-electron chi connectivity index (χ2n) is 8.95. The Labute approximate surface area is 213 Å². The fraction of sp³-hybridized carbons (Fsp3) is 0.258. The lowest BCUT2D eigenvalue weighted by molar-refractivity contribution is 0.238. The van der Waals surface area contributed by atoms with Gasteiger partial charge in [-0.2, -0.15) is 0 Å². The van der Waals surface area contributed by atoms with Crippen molar-refractivity contribution in [3.05, 3.63) is 84.9 Å². The zero-order valence-corrected chi connectivity index (χ0v) is 20.9. The van der Waals surface area contributed by atoms with Crippen molar-refractivity contribution >= 4 is 0 Å². The third-order valence-electron chi connectivity index (χ3n) is 6.66. The van der Waals surface area contributed by atoms with Gasteiger partial charge in [-0.25, -0.2) is 4.98 Å². The van der Waals surface area contributed by atoms with E-state index in [4.69, 9.17) is 19.2 Å². The molecule has 5 nitrogen and oxygen atoms in total. The number of methoxy groups -OCH3 is 2. The minimum Gasteiger partial charge on any atom is -0.497 e. The van der Waals surface area contributed by atoms with Gasteiger partial charge in [-0.1, -0.05) is 42.5 Å². The summed E-state index contributed by atoms with van der Waals surface area (Å²) in [6.07, 6.45) is 2.54. The van der Waals surface area contributed by atoms with Gasteiger partial charge in [0, 0.05) is 23.7 Å². The predicted octanol–water partition coefficient (Wildman–Crippen LogP) is 6.57. The van der Waals surface area contributed by atoms with E-state index < -0.39 is 0 Å². The van der Waals surface area contributed by atoms with Crippen LogP contribution in [0, 0.1) is 0 Å². The van der Waals surface area contributed by atoms with Crippen LogP contribution in [0.25, 0.3) is 33.6 Å². The highest BCUT2D eigenvalue weighted by Gasteiger charge is 2.19. The summed E-state index contributed by atoms with van der Waals surface area (Å²) in [5.74, 6) is 2.47. The van der Waals surface area contributed by atoms with E-state index in [0.29, 0.717) is 6.61 Å². The van der Waals surface area contributed by atoms with Crippen molar-refractivity contribution in [1.29, 1.82) is 0 Å². The molecule has 0 saturated carbocycles. The molecule has 0 bridgehead atoms. The van der Waals surface area contributed by atoms with E-state index in [1.165, 1.54) is 12.8 Å². The van der Waals surface area contributed by atoms with E-state index in [-0.39, 0.29) is 0 Å². The minimum absolute atomic E-state index is 0.628. The molecule has 0 unspecified atom stereocenters. The van der Waals surface area contributed by atoms with Crippen LogP contribution in [0.5, 0.6) is 17.2 Å². The molecular weight excluding hydrogens is 448 g/mol. The van der Waals surface area contributed by atoms with Crippen LogP contribution in [0.1, 0.15) is 12.8 Å². The lowest BCUT2D eigenvalue weighted by Crippen LogP contribution is -2.25. The minimum atomic E-state index is 0.628. The Morgan fingerprint density at radius 1 is 0.722 bits per heavy atom. The van der Waals surface area contributed by atoms with E-state index >= 15 is 0 Å². The van der Waals surface area contributed by atoms with Crippen LogP contribution in [-0.2, 0) is 0 Å². The maximum atomic E-state index is 6.54. The summed E-state index contributed by atoms with van der Waals surface area (Å²) >= 11 is 0. The number of ether oxygens (including phenoxy) is 3. The third kappa shape index (κ3) is 5.37. The molecule has 5 heteroatoms. The van der Waals surface area contributed by atoms with E-state index in [0.717, 1.165) is 70.5 Å². The second kappa shape index (κ2) is 11.3. The SMILES string of the molecule is COc1ccc(-c2cc(OCCN3CCCC3)c(-c3ccc(OC)cc3)c(-c3ccccc3)n2)cc1. The van der Waals surface area contributed by atoms with Crippen molar-refractivity contribution in [1.82, 2.24) is 9.88 Å². The zero-order chi connectivity index (χ0) is 24.7. The summed E-state index contributed by atoms with van der Waals surface area (Å²) in [6, 6.07) is 28.5. The molecule has 3 aromatic carbocycles. The van der Waals surface area contributed by atoms with Gasteiger partial charge in [0.1, 0.15) is 23.9 Å². The van der Waals surface area contributed by atoms with Crippen LogP contribution in [0.4, 0.5) is 0 Å². The first-order chi connectivity index (χ1) is 17.7. The first-order valence-electron chi connectivity index (χ1n) is 12.5. The van der Waals surface area contributed by atoms with E-state index in [9.17, 15) is 0 Å². The topological polar surface area (TPSA) is 43.8 Å². The highest BCUT2D eigenvalue weighted by molar-refractivity contribution is 5.87. The molecule has 1 fully saturated rings. The third-order valence-corrected chi connectivity index (χ3v) is 6.66. The van der Waals surface area contributed by atoms with Gasteiger partial charge in [0.2, 0.25) is 0 Å². The Balaban J connectivity index is 1.62. The molecule has 0 radical (unpaired) electrons. The summed E-state index contributed by atoms with van der Waals surface area (Å²) in [7, 11) is 3.36. The van der Waals surface area contributed by atoms with E-state index in [1.54, 1.807) is 14.2 Å². The van der Waals surface area contributed by atoms with Crippen LogP contribution >= 0.6 is 0 Å². The normalized spacial score (nSPS) is 13.5. The molecule has 1 aliphatic rings. The molecule has 0 N–H and O–H groups in total. The summed E-state index contributed by atoms with van der Waals surface area (Å²) < 4.78 is 17.3. The number of pyridine rings is 1. The van der Waals surface area contributed by atoms with Gasteiger partial charge < -0.3 is 14.2 Å². The molecule has 0 aliphatic carbocycles. The summed E-state index contributed by atoms with van der Waals surface area (Å²) in [5, 5.41) is 0. The molecule has 1 aliphatic heterocycles. The Morgan fingerprint density at radius 2 is 1.33 bits per heavy atom. The zero-order valence-electron chi connectivity index (χ0n) is 20.9. The van der Waals surface area contributed by atoms with Gasteiger partial charge in [0.25, 0.3) is 0 Å². The highest BCUT2D eigenvalue weighted by atomic mass is 16.5. The smallest absolute Gasteiger partial charge is 0.131 e. The Kier molecular flexibility index (Phi) is 7.48. The second-order valence-corrected chi connectivity index (χ2v) is 8.95. The predicted molar refractivity (Wildman–Crippen MR) is 145 cm³/mol. The van der Waals surface area contributed by atoms with Gasteiger partial charge in [-0.15, -0.1) is 0 Å². The van der Waals surface area contributed by atoms with Gasteiger partial charge in [0.05, 0.1) is 31.2 Å². The van der Waals surface area contributed by atoms with Crippen molar-refractivity contribution in [2.75, 3.05) is 40.5 Å². The van der Waals surface area contributed by atoms with Crippen LogP contribution in [0.15, 0.2) is 84.9 Å². The molecular formula is C31H32N2O3. The van der Waals surface area contributed by atoms with Gasteiger partial charge >= 0.3 is 0 Å². The number of rotatable bonds is 9. The first kappa shape index (κ1) is 23.9. The fourth-order valence-electron chi connectivity index (χ4n) is 4.68. The first-order valence-corrected chi connectivity index (χ1v) is 12.5. The molecule has 0 amide bonds. The van der Waals surface area contributed by atoms with Crippen LogP contribution in [-0.4, -0.2) is 50.3 Å². The number of likely N-dealkylation sites (tertiary alicyclic amines) is 1. The summed E-state index contributed by atoms with van der Waals surface area (Å²) in [5.41, 5.74) is 5.85. The van der Waals surface area contributed by atoms with Gasteiger partial charge in [-0.3, -0.25) is 4.90 Å². The number of benzene rings is 3. The highest BCUT2D eigenvalue weighted by Crippen LogP contribution is 2.41. The van der Waals surface area contributed by atoms with E-state index in [1.807, 2.05) is 54.6 Å². The molecule has 4 aromatic rings. The van der Waals surface area contributed by atoms with Crippen molar-refractivity contribution < 1.29 is 14.2 Å². The number of hydrogen-bond donors (Lipinski definition) is 0. The maximum Gasteiger partial charge on any atom is 0.131 e. The molecule has 0 spiro atoms. The molecule has 184 valence electrons. The molecule has 5 rings (SSSR count). The number of nitrogens with zero attached hydrogens (tertiary/aromatic N) is 2. The molecule has 2 heterocycles. The summed E-state index contributed by atoms with van der Waals surface area (Å²) in [6.45, 7) is 3.85. The van der Waals surface area contributed by atoms with Crippen molar-refractivity contribution in [3.63, 3.8) is 0 Å². The largest absolute Gasteiger partial charge is 0.497 e. The van der Waals surface area contributed by atoms with Crippen LogP contribution in [0.2, 0.25) is 0 Å². The molecule has 0 atom stereocenters. The monoisotopic (exact) mass is 480 g/mol.